The van der Waals surface area contributed by atoms with Crippen molar-refractivity contribution in [2.24, 2.45) is 0 Å². The largest absolute Gasteiger partial charge is 0.522 e. The van der Waals surface area contributed by atoms with Gasteiger partial charge in [-0.2, -0.15) is 21.6 Å². The molecular weight excluding hydrogens is 452 g/mol. The molecule has 3 rings (SSSR count). The highest BCUT2D eigenvalue weighted by molar-refractivity contribution is 7.86. The summed E-state index contributed by atoms with van der Waals surface area (Å²) in [6.45, 7) is 0. The Hall–Kier alpha value is -3.52. The van der Waals surface area contributed by atoms with Crippen molar-refractivity contribution >= 4 is 32.7 Å². The topological polar surface area (TPSA) is 140 Å². The molecule has 0 saturated carbocycles. The van der Waals surface area contributed by atoms with Crippen LogP contribution in [0.15, 0.2) is 46.9 Å². The number of nitrogens with one attached hydrogen (secondary N) is 1. The minimum atomic E-state index is -5.84. The van der Waals surface area contributed by atoms with Gasteiger partial charge >= 0.3 is 15.6 Å². The van der Waals surface area contributed by atoms with E-state index < -0.39 is 32.3 Å². The van der Waals surface area contributed by atoms with E-state index in [9.17, 15) is 32.5 Å². The van der Waals surface area contributed by atoms with E-state index in [1.165, 1.54) is 49.5 Å². The molecule has 1 heterocycles. The zero-order chi connectivity index (χ0) is 23.6. The Morgan fingerprint density at radius 1 is 1.16 bits per heavy atom. The molecule has 0 unspecified atom stereocenters. The van der Waals surface area contributed by atoms with Crippen molar-refractivity contribution in [1.82, 2.24) is 5.32 Å². The van der Waals surface area contributed by atoms with Crippen LogP contribution in [0.1, 0.15) is 10.4 Å². The quantitative estimate of drug-likeness (QED) is 0.197. The van der Waals surface area contributed by atoms with Gasteiger partial charge in [0, 0.05) is 24.1 Å². The molecule has 31 heavy (non-hydrogen) atoms. The number of halogens is 4. The first-order valence-electron chi connectivity index (χ1n) is 7.99. The monoisotopic (exact) mass is 464 g/mol. The van der Waals surface area contributed by atoms with Gasteiger partial charge in [0.25, 0.3) is 11.6 Å². The number of fused-ring (bicyclic) bond motifs is 1. The number of nitro groups is 1. The van der Waals surface area contributed by atoms with E-state index in [-0.39, 0.29) is 22.6 Å². The second kappa shape index (κ2) is 8.69. The average Bonchev–Trinajstić information content (AvgIpc) is 3.05. The van der Waals surface area contributed by atoms with E-state index in [0.717, 1.165) is 0 Å². The van der Waals surface area contributed by atoms with Crippen LogP contribution in [-0.4, -0.2) is 36.4 Å². The standard InChI is InChI=1S/C16H11FN2O4.CHF3O3S/c1-18-16(20)14-12-7-6-11(19(21)22)8-13(12)23-15(14)9-2-4-10(17)5-3-9;2-1(3,4)8(5,6)7/h2-8H,1H3,(H,18,20);(H,5,6,7). The molecule has 2 aromatic carbocycles. The molecule has 0 saturated heterocycles. The van der Waals surface area contributed by atoms with Gasteiger partial charge in [-0.3, -0.25) is 19.5 Å². The maximum atomic E-state index is 13.1. The normalized spacial score (nSPS) is 11.5. The summed E-state index contributed by atoms with van der Waals surface area (Å²) in [6, 6.07) is 9.49. The summed E-state index contributed by atoms with van der Waals surface area (Å²) in [5.41, 5.74) is -4.70. The van der Waals surface area contributed by atoms with Gasteiger partial charge in [-0.15, -0.1) is 0 Å². The molecule has 0 aliphatic rings. The Bertz CT molecular complexity index is 1240. The number of nitro benzene ring substituents is 1. The summed E-state index contributed by atoms with van der Waals surface area (Å²) in [5, 5.41) is 13.8. The Morgan fingerprint density at radius 2 is 1.71 bits per heavy atom. The van der Waals surface area contributed by atoms with Crippen LogP contribution >= 0.6 is 0 Å². The maximum Gasteiger partial charge on any atom is 0.522 e. The van der Waals surface area contributed by atoms with E-state index in [4.69, 9.17) is 17.4 Å². The fourth-order valence-electron chi connectivity index (χ4n) is 2.35. The summed E-state index contributed by atoms with van der Waals surface area (Å²) in [7, 11) is -4.37. The summed E-state index contributed by atoms with van der Waals surface area (Å²) in [6.07, 6.45) is 0. The van der Waals surface area contributed by atoms with Gasteiger partial charge in [0.1, 0.15) is 17.2 Å². The smallest absolute Gasteiger partial charge is 0.455 e. The van der Waals surface area contributed by atoms with Gasteiger partial charge in [-0.25, -0.2) is 4.39 Å². The molecule has 1 aromatic heterocycles. The van der Waals surface area contributed by atoms with Gasteiger partial charge in [-0.1, -0.05) is 0 Å². The molecule has 0 aliphatic heterocycles. The van der Waals surface area contributed by atoms with Crippen molar-refractivity contribution in [2.75, 3.05) is 7.05 Å². The molecule has 0 radical (unpaired) electrons. The van der Waals surface area contributed by atoms with E-state index >= 15 is 0 Å². The van der Waals surface area contributed by atoms with Crippen LogP contribution < -0.4 is 5.32 Å². The predicted octanol–water partition coefficient (Wildman–Crippen LogP) is 3.90. The van der Waals surface area contributed by atoms with E-state index in [1.54, 1.807) is 0 Å². The maximum absolute atomic E-state index is 13.1. The van der Waals surface area contributed by atoms with Crippen LogP contribution in [0.25, 0.3) is 22.3 Å². The molecule has 0 bridgehead atoms. The molecule has 0 aliphatic carbocycles. The fourth-order valence-corrected chi connectivity index (χ4v) is 2.35. The zero-order valence-electron chi connectivity index (χ0n) is 15.3. The van der Waals surface area contributed by atoms with E-state index in [0.29, 0.717) is 10.9 Å². The molecular formula is C17H12F4N2O7S. The Balaban J connectivity index is 0.000000366. The number of nitrogens with zero attached hydrogens (tertiary/aromatic N) is 1. The number of hydrogen-bond acceptors (Lipinski definition) is 6. The second-order valence-corrected chi connectivity index (χ2v) is 7.16. The highest BCUT2D eigenvalue weighted by atomic mass is 32.2. The summed E-state index contributed by atoms with van der Waals surface area (Å²) in [5.74, 6) is -0.571. The van der Waals surface area contributed by atoms with Crippen LogP contribution in [0.2, 0.25) is 0 Å². The van der Waals surface area contributed by atoms with Crippen molar-refractivity contribution in [3.63, 3.8) is 0 Å². The van der Waals surface area contributed by atoms with Crippen LogP contribution in [0.3, 0.4) is 0 Å². The van der Waals surface area contributed by atoms with E-state index in [1.807, 2.05) is 0 Å². The minimum absolute atomic E-state index is 0.139. The lowest BCUT2D eigenvalue weighted by Crippen LogP contribution is -2.21. The third-order valence-electron chi connectivity index (χ3n) is 3.74. The van der Waals surface area contributed by atoms with Gasteiger partial charge in [0.05, 0.1) is 16.6 Å². The summed E-state index contributed by atoms with van der Waals surface area (Å²) < 4.78 is 76.3. The van der Waals surface area contributed by atoms with Gasteiger partial charge in [-0.05, 0) is 30.3 Å². The van der Waals surface area contributed by atoms with E-state index in [2.05, 4.69) is 5.32 Å². The van der Waals surface area contributed by atoms with Crippen LogP contribution in [0.4, 0.5) is 23.2 Å². The van der Waals surface area contributed by atoms with Crippen LogP contribution in [0.5, 0.6) is 0 Å². The lowest BCUT2D eigenvalue weighted by molar-refractivity contribution is -0.384. The first-order chi connectivity index (χ1) is 14.3. The third kappa shape index (κ3) is 5.35. The molecule has 14 heteroatoms. The van der Waals surface area contributed by atoms with Crippen molar-refractivity contribution in [3.8, 4) is 11.3 Å². The molecule has 2 N–H and O–H groups in total. The lowest BCUT2D eigenvalue weighted by Gasteiger charge is -2.02. The van der Waals surface area contributed by atoms with Crippen molar-refractivity contribution in [2.45, 2.75) is 5.51 Å². The second-order valence-electron chi connectivity index (χ2n) is 5.75. The first-order valence-corrected chi connectivity index (χ1v) is 9.43. The Morgan fingerprint density at radius 3 is 2.16 bits per heavy atom. The van der Waals surface area contributed by atoms with Gasteiger partial charge < -0.3 is 9.73 Å². The zero-order valence-corrected chi connectivity index (χ0v) is 16.1. The van der Waals surface area contributed by atoms with Gasteiger partial charge in [0.15, 0.2) is 0 Å². The number of carbonyl (C=O) groups is 1. The SMILES string of the molecule is CNC(=O)c1c(-c2ccc(F)cc2)oc2cc([N+](=O)[O-])ccc12.O=S(=O)(O)C(F)(F)F. The fraction of sp³-hybridized carbons (Fsp3) is 0.118. The molecule has 166 valence electrons. The third-order valence-corrected chi connectivity index (χ3v) is 4.32. The van der Waals surface area contributed by atoms with Crippen molar-refractivity contribution in [1.29, 1.82) is 0 Å². The first kappa shape index (κ1) is 23.8. The molecule has 0 fully saturated rings. The number of non-ortho nitro benzene ring substituents is 1. The Labute approximate surface area is 171 Å². The highest BCUT2D eigenvalue weighted by Gasteiger charge is 2.44. The van der Waals surface area contributed by atoms with Crippen molar-refractivity contribution in [3.05, 3.63) is 64.0 Å². The number of rotatable bonds is 3. The molecule has 0 spiro atoms. The Kier molecular flexibility index (Phi) is 6.66. The molecule has 0 atom stereocenters. The highest BCUT2D eigenvalue weighted by Crippen LogP contribution is 2.35. The van der Waals surface area contributed by atoms with Gasteiger partial charge in [0.2, 0.25) is 0 Å². The lowest BCUT2D eigenvalue weighted by atomic mass is 10.0. The number of alkyl halides is 3. The minimum Gasteiger partial charge on any atom is -0.455 e. The number of hydrogen-bond donors (Lipinski definition) is 2. The molecule has 9 nitrogen and oxygen atoms in total. The molecule has 3 aromatic rings. The number of carbonyl (C=O) groups excluding carboxylic acids is 1. The number of benzene rings is 2. The number of amides is 1. The average molecular weight is 464 g/mol. The van der Waals surface area contributed by atoms with Crippen LogP contribution in [0, 0.1) is 15.9 Å². The summed E-state index contributed by atoms with van der Waals surface area (Å²) in [4.78, 5) is 22.5. The predicted molar refractivity (Wildman–Crippen MR) is 99.3 cm³/mol. The number of furan rings is 1. The van der Waals surface area contributed by atoms with Crippen LogP contribution in [-0.2, 0) is 10.1 Å². The molecule has 1 amide bonds. The summed E-state index contributed by atoms with van der Waals surface area (Å²) >= 11 is 0. The van der Waals surface area contributed by atoms with Crippen molar-refractivity contribution < 1.29 is 44.7 Å².